The molecule has 104 valence electrons. The minimum atomic E-state index is -1.03. The highest BCUT2D eigenvalue weighted by molar-refractivity contribution is 6.30. The van der Waals surface area contributed by atoms with Gasteiger partial charge in [0.25, 0.3) is 0 Å². The van der Waals surface area contributed by atoms with E-state index in [4.69, 9.17) is 11.6 Å². The van der Waals surface area contributed by atoms with Gasteiger partial charge in [0.05, 0.1) is 12.3 Å². The van der Waals surface area contributed by atoms with Crippen molar-refractivity contribution < 1.29 is 13.9 Å². The Morgan fingerprint density at radius 1 is 1.55 bits per heavy atom. The second-order valence-electron chi connectivity index (χ2n) is 3.67. The number of benzene rings is 1. The summed E-state index contributed by atoms with van der Waals surface area (Å²) in [5, 5.41) is 11.1. The number of halogens is 2. The lowest BCUT2D eigenvalue weighted by Crippen LogP contribution is -2.05. The normalized spacial score (nSPS) is 11.4. The summed E-state index contributed by atoms with van der Waals surface area (Å²) in [7, 11) is 0. The van der Waals surface area contributed by atoms with Crippen molar-refractivity contribution in [2.45, 2.75) is 6.92 Å². The SMILES string of the molecule is CCOC(=O)/C(F)=C/c1cc(Cl)ccc1-n1cnnn1. The van der Waals surface area contributed by atoms with Gasteiger partial charge < -0.3 is 4.74 Å². The number of hydrogen-bond acceptors (Lipinski definition) is 5. The van der Waals surface area contributed by atoms with E-state index in [0.29, 0.717) is 16.3 Å². The molecule has 0 saturated carbocycles. The molecule has 0 unspecified atom stereocenters. The van der Waals surface area contributed by atoms with Crippen molar-refractivity contribution in [3.63, 3.8) is 0 Å². The van der Waals surface area contributed by atoms with Crippen molar-refractivity contribution in [1.82, 2.24) is 20.2 Å². The molecule has 0 fully saturated rings. The van der Waals surface area contributed by atoms with Crippen molar-refractivity contribution in [3.05, 3.63) is 40.9 Å². The third-order valence-corrected chi connectivity index (χ3v) is 2.57. The number of hydrogen-bond donors (Lipinski definition) is 0. The van der Waals surface area contributed by atoms with Crippen LogP contribution in [0.15, 0.2) is 30.4 Å². The lowest BCUT2D eigenvalue weighted by Gasteiger charge is -2.06. The first-order valence-corrected chi connectivity index (χ1v) is 6.07. The van der Waals surface area contributed by atoms with Crippen LogP contribution in [0.25, 0.3) is 11.8 Å². The molecule has 1 aromatic carbocycles. The molecule has 8 heteroatoms. The summed E-state index contributed by atoms with van der Waals surface area (Å²) >= 11 is 5.87. The van der Waals surface area contributed by atoms with Crippen LogP contribution in [0, 0.1) is 0 Å². The fraction of sp³-hybridized carbons (Fsp3) is 0.167. The van der Waals surface area contributed by atoms with E-state index in [1.807, 2.05) is 0 Å². The predicted molar refractivity (Wildman–Crippen MR) is 69.9 cm³/mol. The van der Waals surface area contributed by atoms with Crippen LogP contribution in [-0.2, 0) is 9.53 Å². The van der Waals surface area contributed by atoms with Gasteiger partial charge >= 0.3 is 5.97 Å². The van der Waals surface area contributed by atoms with Gasteiger partial charge in [-0.1, -0.05) is 11.6 Å². The Kier molecular flexibility index (Phi) is 4.41. The van der Waals surface area contributed by atoms with E-state index >= 15 is 0 Å². The fourth-order valence-corrected chi connectivity index (χ4v) is 1.70. The summed E-state index contributed by atoms with van der Waals surface area (Å²) in [4.78, 5) is 11.3. The molecule has 0 atom stereocenters. The van der Waals surface area contributed by atoms with Crippen molar-refractivity contribution in [2.24, 2.45) is 0 Å². The zero-order valence-electron chi connectivity index (χ0n) is 10.5. The van der Waals surface area contributed by atoms with Gasteiger partial charge in [0.1, 0.15) is 6.33 Å². The monoisotopic (exact) mass is 296 g/mol. The fourth-order valence-electron chi connectivity index (χ4n) is 1.52. The molecule has 0 radical (unpaired) electrons. The molecule has 0 spiro atoms. The van der Waals surface area contributed by atoms with Crippen LogP contribution in [0.2, 0.25) is 5.02 Å². The largest absolute Gasteiger partial charge is 0.461 e. The Labute approximate surface area is 118 Å². The number of nitrogens with zero attached hydrogens (tertiary/aromatic N) is 4. The molecule has 0 bridgehead atoms. The topological polar surface area (TPSA) is 69.9 Å². The number of aromatic nitrogens is 4. The molecule has 0 saturated heterocycles. The van der Waals surface area contributed by atoms with Crippen LogP contribution >= 0.6 is 11.6 Å². The Morgan fingerprint density at radius 3 is 3.00 bits per heavy atom. The Hall–Kier alpha value is -2.28. The molecule has 2 rings (SSSR count). The molecule has 0 amide bonds. The van der Waals surface area contributed by atoms with Crippen molar-refractivity contribution in [1.29, 1.82) is 0 Å². The van der Waals surface area contributed by atoms with E-state index in [2.05, 4.69) is 20.3 Å². The zero-order valence-corrected chi connectivity index (χ0v) is 11.2. The minimum Gasteiger partial charge on any atom is -0.461 e. The van der Waals surface area contributed by atoms with Crippen LogP contribution in [-0.4, -0.2) is 32.8 Å². The molecule has 1 heterocycles. The van der Waals surface area contributed by atoms with Crippen LogP contribution < -0.4 is 0 Å². The van der Waals surface area contributed by atoms with Gasteiger partial charge in [-0.3, -0.25) is 0 Å². The summed E-state index contributed by atoms with van der Waals surface area (Å²) in [6, 6.07) is 4.72. The van der Waals surface area contributed by atoms with Gasteiger partial charge in [-0.25, -0.2) is 4.79 Å². The van der Waals surface area contributed by atoms with Gasteiger partial charge in [0, 0.05) is 10.6 Å². The first-order chi connectivity index (χ1) is 9.61. The maximum atomic E-state index is 13.7. The number of rotatable bonds is 4. The standard InChI is InChI=1S/C12H10ClFN4O2/c1-2-20-12(19)10(14)6-8-5-9(13)3-4-11(8)18-7-15-16-17-18/h3-7H,2H2,1H3/b10-6-. The van der Waals surface area contributed by atoms with Gasteiger partial charge in [0.15, 0.2) is 0 Å². The number of tetrazole rings is 1. The Morgan fingerprint density at radius 2 is 2.35 bits per heavy atom. The molecule has 0 N–H and O–H groups in total. The van der Waals surface area contributed by atoms with E-state index < -0.39 is 11.8 Å². The van der Waals surface area contributed by atoms with Gasteiger partial charge in [-0.05, 0) is 41.6 Å². The molecule has 6 nitrogen and oxygen atoms in total. The third kappa shape index (κ3) is 3.18. The summed E-state index contributed by atoms with van der Waals surface area (Å²) in [5.41, 5.74) is 0.842. The van der Waals surface area contributed by atoms with Crippen molar-refractivity contribution >= 4 is 23.6 Å². The van der Waals surface area contributed by atoms with Crippen LogP contribution in [0.1, 0.15) is 12.5 Å². The van der Waals surface area contributed by atoms with Gasteiger partial charge in [0.2, 0.25) is 5.83 Å². The lowest BCUT2D eigenvalue weighted by atomic mass is 10.1. The predicted octanol–water partition coefficient (Wildman–Crippen LogP) is 2.19. The van der Waals surface area contributed by atoms with E-state index in [1.165, 1.54) is 17.1 Å². The zero-order chi connectivity index (χ0) is 14.5. The minimum absolute atomic E-state index is 0.0928. The number of ether oxygens (including phenoxy) is 1. The molecular formula is C12H10ClFN4O2. The highest BCUT2D eigenvalue weighted by Gasteiger charge is 2.12. The summed E-state index contributed by atoms with van der Waals surface area (Å²) in [6.45, 7) is 1.69. The third-order valence-electron chi connectivity index (χ3n) is 2.34. The smallest absolute Gasteiger partial charge is 0.367 e. The van der Waals surface area contributed by atoms with E-state index in [1.54, 1.807) is 19.1 Å². The van der Waals surface area contributed by atoms with Crippen LogP contribution in [0.5, 0.6) is 0 Å². The van der Waals surface area contributed by atoms with Crippen LogP contribution in [0.3, 0.4) is 0 Å². The van der Waals surface area contributed by atoms with E-state index in [0.717, 1.165) is 6.08 Å². The van der Waals surface area contributed by atoms with E-state index in [9.17, 15) is 9.18 Å². The van der Waals surface area contributed by atoms with Gasteiger partial charge in [-0.2, -0.15) is 9.07 Å². The lowest BCUT2D eigenvalue weighted by molar-refractivity contribution is -0.140. The Bertz CT molecular complexity index is 643. The average Bonchev–Trinajstić information content (AvgIpc) is 2.93. The summed E-state index contributed by atoms with van der Waals surface area (Å²) in [5.74, 6) is -2.06. The van der Waals surface area contributed by atoms with Crippen molar-refractivity contribution in [3.8, 4) is 5.69 Å². The van der Waals surface area contributed by atoms with Crippen LogP contribution in [0.4, 0.5) is 4.39 Å². The second kappa shape index (κ2) is 6.25. The first kappa shape index (κ1) is 14.1. The molecule has 0 aliphatic rings. The number of carbonyl (C=O) groups is 1. The maximum absolute atomic E-state index is 13.7. The second-order valence-corrected chi connectivity index (χ2v) is 4.11. The molecule has 1 aromatic heterocycles. The molecule has 0 aliphatic carbocycles. The Balaban J connectivity index is 2.43. The highest BCUT2D eigenvalue weighted by Crippen LogP contribution is 2.22. The maximum Gasteiger partial charge on any atom is 0.367 e. The molecule has 2 aromatic rings. The van der Waals surface area contributed by atoms with Gasteiger partial charge in [-0.15, -0.1) is 5.10 Å². The summed E-state index contributed by atoms with van der Waals surface area (Å²) < 4.78 is 19.6. The molecule has 20 heavy (non-hydrogen) atoms. The number of esters is 1. The summed E-state index contributed by atoms with van der Waals surface area (Å²) in [6.07, 6.45) is 2.38. The van der Waals surface area contributed by atoms with Crippen molar-refractivity contribution in [2.75, 3.05) is 6.61 Å². The number of carbonyl (C=O) groups excluding carboxylic acids is 1. The average molecular weight is 297 g/mol. The molecular weight excluding hydrogens is 287 g/mol. The van der Waals surface area contributed by atoms with E-state index in [-0.39, 0.29) is 6.61 Å². The quantitative estimate of drug-likeness (QED) is 0.639. The highest BCUT2D eigenvalue weighted by atomic mass is 35.5. The molecule has 0 aliphatic heterocycles. The first-order valence-electron chi connectivity index (χ1n) is 5.69.